The third-order valence-electron chi connectivity index (χ3n) is 9.23. The lowest BCUT2D eigenvalue weighted by atomic mass is 9.93. The molecule has 0 saturated carbocycles. The molecule has 1 aromatic heterocycles. The molecule has 2 aromatic carbocycles. The number of benzene rings is 2. The summed E-state index contributed by atoms with van der Waals surface area (Å²) in [4.78, 5) is 34.8. The maximum absolute atomic E-state index is 12.9. The van der Waals surface area contributed by atoms with Gasteiger partial charge in [0.1, 0.15) is 29.4 Å². The first-order chi connectivity index (χ1) is 23.1. The number of hydrogen-bond acceptors (Lipinski definition) is 8. The number of esters is 1. The number of methoxy groups -OCH3 is 1. The number of rotatable bonds is 7. The molecule has 2 atom stereocenters. The molecule has 3 heterocycles. The van der Waals surface area contributed by atoms with Gasteiger partial charge in [-0.3, -0.25) is 4.79 Å². The Hall–Kier alpha value is -4.11. The highest BCUT2D eigenvalue weighted by atomic mass is 16.6. The summed E-state index contributed by atoms with van der Waals surface area (Å²) in [6.45, 7) is 18.5. The molecule has 2 aliphatic rings. The fraction of sp³-hybridized carbons (Fsp3) is 0.525. The fourth-order valence-corrected chi connectivity index (χ4v) is 6.68. The van der Waals surface area contributed by atoms with Crippen LogP contribution in [-0.4, -0.2) is 72.5 Å². The van der Waals surface area contributed by atoms with Crippen LogP contribution < -0.4 is 9.64 Å². The molecule has 264 valence electrons. The largest absolute Gasteiger partial charge is 0.488 e. The first kappa shape index (κ1) is 36.2. The normalized spacial score (nSPS) is 18.4. The number of para-hydroxylation sites is 1. The molecule has 9 nitrogen and oxygen atoms in total. The van der Waals surface area contributed by atoms with E-state index in [1.807, 2.05) is 70.7 Å². The number of amides is 1. The Bertz CT molecular complexity index is 1660. The minimum absolute atomic E-state index is 0.213. The van der Waals surface area contributed by atoms with Crippen molar-refractivity contribution in [1.82, 2.24) is 9.88 Å². The van der Waals surface area contributed by atoms with Crippen LogP contribution in [-0.2, 0) is 38.5 Å². The van der Waals surface area contributed by atoms with Crippen molar-refractivity contribution in [1.29, 1.82) is 0 Å². The van der Waals surface area contributed by atoms with Crippen LogP contribution in [0.3, 0.4) is 0 Å². The molecule has 0 aliphatic carbocycles. The summed E-state index contributed by atoms with van der Waals surface area (Å²) < 4.78 is 23.7. The third-order valence-corrected chi connectivity index (χ3v) is 9.23. The van der Waals surface area contributed by atoms with Gasteiger partial charge in [0.25, 0.3) is 0 Å². The lowest BCUT2D eigenvalue weighted by Crippen LogP contribution is -2.49. The lowest BCUT2D eigenvalue weighted by molar-refractivity contribution is -0.165. The van der Waals surface area contributed by atoms with Crippen LogP contribution in [0.5, 0.6) is 5.75 Å². The first-order valence-corrected chi connectivity index (χ1v) is 17.4. The zero-order valence-corrected chi connectivity index (χ0v) is 30.7. The van der Waals surface area contributed by atoms with Crippen LogP contribution in [0.1, 0.15) is 75.8 Å². The predicted octanol–water partition coefficient (Wildman–Crippen LogP) is 7.46. The smallest absolute Gasteiger partial charge is 0.410 e. The SMILES string of the molecule is CO[C@@H]1CN(c2cccc(-c3cccc(C)c3OCc3ccc4c(c3C)CCN(C(=O)OC(C)(C)C)CC4)n2)CC[C@@H]1C(=O)OC(C)(C)C. The summed E-state index contributed by atoms with van der Waals surface area (Å²) in [6, 6.07) is 16.5. The number of aromatic nitrogens is 1. The van der Waals surface area contributed by atoms with Gasteiger partial charge >= 0.3 is 12.1 Å². The van der Waals surface area contributed by atoms with Crippen LogP contribution in [0.15, 0.2) is 48.5 Å². The van der Waals surface area contributed by atoms with Gasteiger partial charge in [0.05, 0.1) is 17.7 Å². The standard InChI is InChI=1S/C40H53N3O6/c1-26-12-10-13-31(33-14-11-15-35(41-33)43-23-20-32(34(24-43)46-9)37(44)48-39(3,4)5)36(26)47-25-29-17-16-28-18-21-42(22-19-30(28)27(29)2)38(45)49-40(6,7)8/h10-17,32,34H,18-25H2,1-9H3/t32-,34+/m0/s1. The van der Waals surface area contributed by atoms with Crippen molar-refractivity contribution >= 4 is 17.9 Å². The Morgan fingerprint density at radius 3 is 2.31 bits per heavy atom. The van der Waals surface area contributed by atoms with Crippen molar-refractivity contribution in [3.8, 4) is 17.0 Å². The summed E-state index contributed by atoms with van der Waals surface area (Å²) in [5, 5.41) is 0. The molecule has 0 unspecified atom stereocenters. The van der Waals surface area contributed by atoms with E-state index in [1.54, 1.807) is 7.11 Å². The van der Waals surface area contributed by atoms with Crippen molar-refractivity contribution in [3.63, 3.8) is 0 Å². The zero-order chi connectivity index (χ0) is 35.5. The van der Waals surface area contributed by atoms with E-state index in [4.69, 9.17) is 23.9 Å². The zero-order valence-electron chi connectivity index (χ0n) is 30.7. The monoisotopic (exact) mass is 671 g/mol. The van der Waals surface area contributed by atoms with Gasteiger partial charge in [0.2, 0.25) is 0 Å². The van der Waals surface area contributed by atoms with E-state index < -0.39 is 11.2 Å². The van der Waals surface area contributed by atoms with E-state index in [0.29, 0.717) is 39.2 Å². The molecule has 0 spiro atoms. The van der Waals surface area contributed by atoms with Gasteiger partial charge in [0, 0.05) is 38.9 Å². The second kappa shape index (κ2) is 14.8. The van der Waals surface area contributed by atoms with E-state index >= 15 is 0 Å². The fourth-order valence-electron chi connectivity index (χ4n) is 6.68. The van der Waals surface area contributed by atoms with Crippen molar-refractivity contribution in [2.45, 2.75) is 98.6 Å². The minimum atomic E-state index is -0.543. The van der Waals surface area contributed by atoms with E-state index in [0.717, 1.165) is 46.8 Å². The van der Waals surface area contributed by atoms with Gasteiger partial charge in [-0.25, -0.2) is 9.78 Å². The Kier molecular flexibility index (Phi) is 10.9. The average Bonchev–Trinajstić information content (AvgIpc) is 3.26. The van der Waals surface area contributed by atoms with Crippen molar-refractivity contribution in [2.24, 2.45) is 5.92 Å². The van der Waals surface area contributed by atoms with Crippen LogP contribution in [0, 0.1) is 19.8 Å². The molecule has 0 radical (unpaired) electrons. The minimum Gasteiger partial charge on any atom is -0.488 e. The summed E-state index contributed by atoms with van der Waals surface area (Å²) in [7, 11) is 1.65. The summed E-state index contributed by atoms with van der Waals surface area (Å²) >= 11 is 0. The topological polar surface area (TPSA) is 90.4 Å². The van der Waals surface area contributed by atoms with E-state index in [1.165, 1.54) is 16.7 Å². The average molecular weight is 672 g/mol. The molecule has 3 aromatic rings. The molecule has 0 N–H and O–H groups in total. The van der Waals surface area contributed by atoms with Crippen molar-refractivity contribution < 1.29 is 28.5 Å². The van der Waals surface area contributed by atoms with Crippen LogP contribution in [0.2, 0.25) is 0 Å². The number of carbonyl (C=O) groups excluding carboxylic acids is 2. The Balaban J connectivity index is 1.31. The molecule has 9 heteroatoms. The maximum atomic E-state index is 12.9. The van der Waals surface area contributed by atoms with Gasteiger partial charge in [-0.05, 0) is 121 Å². The van der Waals surface area contributed by atoms with Crippen molar-refractivity contribution in [2.75, 3.05) is 38.2 Å². The molecule has 1 fully saturated rings. The Labute approximate surface area is 291 Å². The summed E-state index contributed by atoms with van der Waals surface area (Å²) in [5.74, 6) is 1.10. The van der Waals surface area contributed by atoms with Gasteiger partial charge in [0.15, 0.2) is 0 Å². The number of hydrogen-bond donors (Lipinski definition) is 0. The molecule has 5 rings (SSSR count). The molecule has 2 aliphatic heterocycles. The number of fused-ring (bicyclic) bond motifs is 1. The number of anilines is 1. The molecule has 1 saturated heterocycles. The van der Waals surface area contributed by atoms with E-state index in [9.17, 15) is 9.59 Å². The van der Waals surface area contributed by atoms with Crippen LogP contribution in [0.4, 0.5) is 10.6 Å². The molecular formula is C40H53N3O6. The molecular weight excluding hydrogens is 618 g/mol. The van der Waals surface area contributed by atoms with Gasteiger partial charge < -0.3 is 28.7 Å². The van der Waals surface area contributed by atoms with Gasteiger partial charge in [-0.2, -0.15) is 0 Å². The Morgan fingerprint density at radius 2 is 1.59 bits per heavy atom. The van der Waals surface area contributed by atoms with Crippen LogP contribution >= 0.6 is 0 Å². The number of pyridine rings is 1. The highest BCUT2D eigenvalue weighted by Gasteiger charge is 2.37. The highest BCUT2D eigenvalue weighted by molar-refractivity contribution is 5.74. The second-order valence-electron chi connectivity index (χ2n) is 15.2. The quantitative estimate of drug-likeness (QED) is 0.239. The first-order valence-electron chi connectivity index (χ1n) is 17.4. The number of piperidine rings is 1. The lowest BCUT2D eigenvalue weighted by Gasteiger charge is -2.38. The van der Waals surface area contributed by atoms with E-state index in [2.05, 4.69) is 43.0 Å². The third kappa shape index (κ3) is 8.93. The number of ether oxygens (including phenoxy) is 4. The Morgan fingerprint density at radius 1 is 0.878 bits per heavy atom. The molecule has 49 heavy (non-hydrogen) atoms. The van der Waals surface area contributed by atoms with E-state index in [-0.39, 0.29) is 24.1 Å². The number of nitrogens with zero attached hydrogens (tertiary/aromatic N) is 3. The summed E-state index contributed by atoms with van der Waals surface area (Å²) in [5.41, 5.74) is 6.61. The van der Waals surface area contributed by atoms with Gasteiger partial charge in [-0.1, -0.05) is 30.3 Å². The summed E-state index contributed by atoms with van der Waals surface area (Å²) in [6.07, 6.45) is 1.65. The number of carbonyl (C=O) groups is 2. The van der Waals surface area contributed by atoms with Crippen LogP contribution in [0.25, 0.3) is 11.3 Å². The molecule has 1 amide bonds. The maximum Gasteiger partial charge on any atom is 0.410 e. The van der Waals surface area contributed by atoms with Gasteiger partial charge in [-0.15, -0.1) is 0 Å². The highest BCUT2D eigenvalue weighted by Crippen LogP contribution is 2.35. The van der Waals surface area contributed by atoms with Crippen molar-refractivity contribution in [3.05, 3.63) is 76.3 Å². The second-order valence-corrected chi connectivity index (χ2v) is 15.2. The number of aryl methyl sites for hydroxylation is 1. The molecule has 0 bridgehead atoms. The predicted molar refractivity (Wildman–Crippen MR) is 192 cm³/mol.